The molecular weight excluding hydrogens is 126 g/mol. The Bertz CT molecular complexity index is 11.7. The largest absolute Gasteiger partial charge is 0.412 e. The summed E-state index contributed by atoms with van der Waals surface area (Å²) >= 11 is 0. The predicted molar refractivity (Wildman–Crippen MR) is 31.7 cm³/mol. The fourth-order valence-corrected chi connectivity index (χ4v) is 0. The maximum Gasteiger partial charge on any atom is 0 e. The van der Waals surface area contributed by atoms with E-state index in [-0.39, 0.29) is 69.1 Å². The summed E-state index contributed by atoms with van der Waals surface area (Å²) in [7, 11) is 0. The third-order valence-electron chi connectivity index (χ3n) is 0. The number of rotatable bonds is 0. The van der Waals surface area contributed by atoms with Crippen LogP contribution in [-0.2, 0) is 0 Å². The van der Waals surface area contributed by atoms with Crippen LogP contribution in [0.15, 0.2) is 0 Å². The molecule has 0 aliphatic heterocycles. The van der Waals surface area contributed by atoms with Gasteiger partial charge in [0.25, 0.3) is 0 Å². The molecular formula is H8AlLiO4Si. The van der Waals surface area contributed by atoms with Crippen LogP contribution in [0.2, 0.25) is 0 Å². The first kappa shape index (κ1) is 300. The average Bonchev–Trinajstić information content (AvgIpc) is 0. The molecule has 0 amide bonds. The van der Waals surface area contributed by atoms with Gasteiger partial charge in [-0.25, -0.2) is 0 Å². The second-order valence-electron chi connectivity index (χ2n) is 0. The van der Waals surface area contributed by atoms with Gasteiger partial charge in [0.15, 0.2) is 0 Å². The van der Waals surface area contributed by atoms with E-state index in [4.69, 9.17) is 0 Å². The van der Waals surface area contributed by atoms with E-state index in [9.17, 15) is 0 Å². The van der Waals surface area contributed by atoms with Gasteiger partial charge in [-0.1, -0.05) is 0 Å². The van der Waals surface area contributed by atoms with Crippen molar-refractivity contribution in [3.05, 3.63) is 0 Å². The van der Waals surface area contributed by atoms with E-state index in [1.54, 1.807) is 0 Å². The van der Waals surface area contributed by atoms with Crippen LogP contribution in [0.5, 0.6) is 0 Å². The maximum atomic E-state index is 0. The summed E-state index contributed by atoms with van der Waals surface area (Å²) in [5, 5.41) is 0. The smallest absolute Gasteiger partial charge is 0 e. The quantitative estimate of drug-likeness (QED) is 0.296. The third-order valence-corrected chi connectivity index (χ3v) is 0. The molecule has 8 N–H and O–H groups in total. The van der Waals surface area contributed by atoms with Gasteiger partial charge in [-0.05, 0) is 0 Å². The van der Waals surface area contributed by atoms with Crippen molar-refractivity contribution < 1.29 is 21.9 Å². The zero-order chi connectivity index (χ0) is 0. The monoisotopic (exact) mass is 134 g/mol. The van der Waals surface area contributed by atoms with Crippen molar-refractivity contribution in [3.63, 3.8) is 0 Å². The van der Waals surface area contributed by atoms with Crippen LogP contribution in [0, 0.1) is 0 Å². The zero-order valence-corrected chi connectivity index (χ0v) is 6.23. The molecule has 0 heterocycles. The first-order valence-corrected chi connectivity index (χ1v) is 0. The summed E-state index contributed by atoms with van der Waals surface area (Å²) in [4.78, 5) is 0. The van der Waals surface area contributed by atoms with Crippen molar-refractivity contribution in [2.45, 2.75) is 0 Å². The molecule has 0 aromatic carbocycles. The molecule has 0 aliphatic rings. The summed E-state index contributed by atoms with van der Waals surface area (Å²) in [5.41, 5.74) is 0. The minimum Gasteiger partial charge on any atom is -0.412 e. The SMILES string of the molecule is O.O.O.O.[Al].[Li].[Si]. The summed E-state index contributed by atoms with van der Waals surface area (Å²) in [6.45, 7) is 0. The van der Waals surface area contributed by atoms with Crippen LogP contribution in [-0.4, -0.2) is 69.1 Å². The van der Waals surface area contributed by atoms with E-state index in [1.807, 2.05) is 0 Å². The average molecular weight is 134 g/mol. The van der Waals surface area contributed by atoms with E-state index >= 15 is 0 Å². The molecule has 0 rings (SSSR count). The van der Waals surface area contributed by atoms with Gasteiger partial charge in [0.1, 0.15) is 0 Å². The van der Waals surface area contributed by atoms with Gasteiger partial charge >= 0.3 is 0 Å². The molecule has 40 valence electrons. The number of hydrogen-bond donors (Lipinski definition) is 0. The van der Waals surface area contributed by atoms with E-state index in [0.717, 1.165) is 0 Å². The van der Waals surface area contributed by atoms with Crippen LogP contribution in [0.3, 0.4) is 0 Å². The van der Waals surface area contributed by atoms with E-state index < -0.39 is 0 Å². The maximum absolute atomic E-state index is 0. The molecule has 0 aromatic heterocycles. The van der Waals surface area contributed by atoms with Gasteiger partial charge in [-0.15, -0.1) is 0 Å². The summed E-state index contributed by atoms with van der Waals surface area (Å²) in [5.74, 6) is 0. The topological polar surface area (TPSA) is 126 Å². The molecule has 0 fully saturated rings. The van der Waals surface area contributed by atoms with Crippen molar-refractivity contribution in [2.24, 2.45) is 0 Å². The zero-order valence-electron chi connectivity index (χ0n) is 4.08. The second-order valence-corrected chi connectivity index (χ2v) is 0. The van der Waals surface area contributed by atoms with Crippen molar-refractivity contribution >= 4 is 47.2 Å². The molecule has 4 nitrogen and oxygen atoms in total. The minimum absolute atomic E-state index is 0. The van der Waals surface area contributed by atoms with Crippen LogP contribution >= 0.6 is 0 Å². The Morgan fingerprint density at radius 2 is 0.571 bits per heavy atom. The number of hydrogen-bond acceptors (Lipinski definition) is 0. The molecule has 0 saturated carbocycles. The van der Waals surface area contributed by atoms with Crippen molar-refractivity contribution in [3.8, 4) is 0 Å². The van der Waals surface area contributed by atoms with E-state index in [1.165, 1.54) is 0 Å². The van der Waals surface area contributed by atoms with Crippen LogP contribution in [0.1, 0.15) is 0 Å². The Hall–Kier alpha value is 1.19. The summed E-state index contributed by atoms with van der Waals surface area (Å²) in [6.07, 6.45) is 0. The Kier molecular flexibility index (Phi) is 8380. The second kappa shape index (κ2) is 195. The van der Waals surface area contributed by atoms with Crippen LogP contribution < -0.4 is 0 Å². The minimum atomic E-state index is 0. The molecule has 0 atom stereocenters. The van der Waals surface area contributed by atoms with Crippen LogP contribution in [0.4, 0.5) is 0 Å². The Labute approximate surface area is 69.2 Å². The van der Waals surface area contributed by atoms with Gasteiger partial charge < -0.3 is 21.9 Å². The van der Waals surface area contributed by atoms with Gasteiger partial charge in [-0.2, -0.15) is 0 Å². The molecule has 7 heavy (non-hydrogen) atoms. The normalized spacial score (nSPS) is 0. The first-order valence-electron chi connectivity index (χ1n) is 0. The van der Waals surface area contributed by atoms with Crippen molar-refractivity contribution in [2.75, 3.05) is 0 Å². The molecule has 0 unspecified atom stereocenters. The van der Waals surface area contributed by atoms with Crippen molar-refractivity contribution in [1.29, 1.82) is 0 Å². The molecule has 0 spiro atoms. The molecule has 0 saturated heterocycles. The third kappa shape index (κ3) is 137. The molecule has 7 heteroatoms. The molecule has 0 aromatic rings. The standard InChI is InChI=1S/Al.Li.4H2O.Si/h;;4*1H2;. The van der Waals surface area contributed by atoms with Gasteiger partial charge in [-0.3, -0.25) is 0 Å². The van der Waals surface area contributed by atoms with Crippen LogP contribution in [0.25, 0.3) is 0 Å². The Morgan fingerprint density at radius 1 is 0.571 bits per heavy atom. The molecule has 0 aliphatic carbocycles. The molecule has 8 radical (unpaired) electrons. The fourth-order valence-electron chi connectivity index (χ4n) is 0. The van der Waals surface area contributed by atoms with Gasteiger partial charge in [0.2, 0.25) is 0 Å². The summed E-state index contributed by atoms with van der Waals surface area (Å²) < 4.78 is 0. The first-order chi connectivity index (χ1) is 0. The van der Waals surface area contributed by atoms with Gasteiger partial charge in [0, 0.05) is 47.2 Å². The van der Waals surface area contributed by atoms with Crippen molar-refractivity contribution in [1.82, 2.24) is 0 Å². The van der Waals surface area contributed by atoms with E-state index in [2.05, 4.69) is 0 Å². The summed E-state index contributed by atoms with van der Waals surface area (Å²) in [6, 6.07) is 0. The van der Waals surface area contributed by atoms with Gasteiger partial charge in [0.05, 0.1) is 0 Å². The predicted octanol–water partition coefficient (Wildman–Crippen LogP) is -4.44. The van der Waals surface area contributed by atoms with E-state index in [0.29, 0.717) is 0 Å². The Morgan fingerprint density at radius 3 is 0.571 bits per heavy atom. The Balaban J connectivity index is 0. The molecule has 0 bridgehead atoms. The fraction of sp³-hybridized carbons (Fsp3) is 0.